The zero-order valence-electron chi connectivity index (χ0n) is 14.9. The van der Waals surface area contributed by atoms with Crippen LogP contribution in [0.3, 0.4) is 0 Å². The molecule has 0 fully saturated rings. The van der Waals surface area contributed by atoms with E-state index in [4.69, 9.17) is 4.74 Å². The van der Waals surface area contributed by atoms with Crippen LogP contribution >= 0.6 is 0 Å². The molecule has 0 spiro atoms. The average Bonchev–Trinajstić information content (AvgIpc) is 3.07. The maximum atomic E-state index is 13.1. The number of hydrogen-bond acceptors (Lipinski definition) is 3. The van der Waals surface area contributed by atoms with Crippen molar-refractivity contribution in [1.29, 1.82) is 0 Å². The molecule has 5 heteroatoms. The van der Waals surface area contributed by atoms with Crippen molar-refractivity contribution in [3.8, 4) is 0 Å². The van der Waals surface area contributed by atoms with E-state index in [0.717, 1.165) is 33.6 Å². The molecule has 0 bridgehead atoms. The molecular weight excluding hydrogens is 328 g/mol. The van der Waals surface area contributed by atoms with Crippen molar-refractivity contribution < 1.29 is 14.3 Å². The van der Waals surface area contributed by atoms with E-state index in [1.807, 2.05) is 50.2 Å². The number of fused-ring (bicyclic) bond motifs is 6. The maximum absolute atomic E-state index is 13.1. The van der Waals surface area contributed by atoms with Gasteiger partial charge in [0, 0.05) is 29.4 Å². The Morgan fingerprint density at radius 1 is 0.846 bits per heavy atom. The van der Waals surface area contributed by atoms with E-state index in [2.05, 4.69) is 0 Å². The summed E-state index contributed by atoms with van der Waals surface area (Å²) in [5.41, 5.74) is 6.88. The Morgan fingerprint density at radius 3 is 2.04 bits per heavy atom. The molecule has 1 unspecified atom stereocenters. The van der Waals surface area contributed by atoms with Gasteiger partial charge in [0.1, 0.15) is 0 Å². The Morgan fingerprint density at radius 2 is 1.42 bits per heavy atom. The highest BCUT2D eigenvalue weighted by molar-refractivity contribution is 6.20. The predicted molar refractivity (Wildman–Crippen MR) is 97.2 cm³/mol. The van der Waals surface area contributed by atoms with Crippen LogP contribution in [0.5, 0.6) is 0 Å². The Balaban J connectivity index is 1.88. The molecule has 26 heavy (non-hydrogen) atoms. The summed E-state index contributed by atoms with van der Waals surface area (Å²) in [6.07, 6.45) is -0.492. The average molecular weight is 346 g/mol. The standard InChI is InChI=1S/C21H18N2O3/c1-11-4-6-13-15(8-11)18-19-16-9-12(2)5-7-14(16)21(25)23(19)17(26-3)10-22(18)20(13)24/h4-9,17H,10H2,1-3H3. The van der Waals surface area contributed by atoms with Crippen molar-refractivity contribution in [2.24, 2.45) is 0 Å². The second kappa shape index (κ2) is 5.05. The maximum Gasteiger partial charge on any atom is 0.261 e. The highest BCUT2D eigenvalue weighted by Crippen LogP contribution is 2.48. The molecule has 2 aromatic carbocycles. The number of ether oxygens (including phenoxy) is 1. The van der Waals surface area contributed by atoms with Gasteiger partial charge in [-0.1, -0.05) is 23.3 Å². The summed E-state index contributed by atoms with van der Waals surface area (Å²) < 4.78 is 5.59. The predicted octanol–water partition coefficient (Wildman–Crippen LogP) is 3.03. The normalized spacial score (nSPS) is 20.3. The molecular formula is C21H18N2O3. The summed E-state index contributed by atoms with van der Waals surface area (Å²) >= 11 is 0. The number of amides is 2. The number of carbonyl (C=O) groups excluding carboxylic acids is 2. The minimum atomic E-state index is -0.492. The zero-order valence-corrected chi connectivity index (χ0v) is 14.9. The lowest BCUT2D eigenvalue weighted by Crippen LogP contribution is -2.48. The monoisotopic (exact) mass is 346 g/mol. The molecule has 1 atom stereocenters. The molecule has 0 aliphatic carbocycles. The lowest BCUT2D eigenvalue weighted by Gasteiger charge is -2.38. The molecule has 3 aliphatic rings. The van der Waals surface area contributed by atoms with Gasteiger partial charge in [0.15, 0.2) is 6.23 Å². The van der Waals surface area contributed by atoms with Crippen molar-refractivity contribution in [2.75, 3.05) is 13.7 Å². The van der Waals surface area contributed by atoms with Gasteiger partial charge in [-0.2, -0.15) is 0 Å². The topological polar surface area (TPSA) is 49.9 Å². The van der Waals surface area contributed by atoms with Crippen LogP contribution in [0.1, 0.15) is 43.0 Å². The van der Waals surface area contributed by atoms with Crippen LogP contribution < -0.4 is 0 Å². The Labute approximate surface area is 151 Å². The number of rotatable bonds is 1. The number of aryl methyl sites for hydroxylation is 2. The van der Waals surface area contributed by atoms with Gasteiger partial charge in [-0.05, 0) is 38.1 Å². The molecule has 2 aromatic rings. The largest absolute Gasteiger partial charge is 0.359 e. The van der Waals surface area contributed by atoms with E-state index in [9.17, 15) is 9.59 Å². The molecule has 0 saturated heterocycles. The highest BCUT2D eigenvalue weighted by Gasteiger charge is 2.48. The van der Waals surface area contributed by atoms with Crippen molar-refractivity contribution in [3.63, 3.8) is 0 Å². The van der Waals surface area contributed by atoms with Crippen molar-refractivity contribution in [3.05, 3.63) is 69.8 Å². The third-order valence-electron chi connectivity index (χ3n) is 5.42. The quantitative estimate of drug-likeness (QED) is 0.797. The summed E-state index contributed by atoms with van der Waals surface area (Å²) in [6.45, 7) is 4.35. The van der Waals surface area contributed by atoms with Gasteiger partial charge < -0.3 is 9.64 Å². The highest BCUT2D eigenvalue weighted by atomic mass is 16.5. The summed E-state index contributed by atoms with van der Waals surface area (Å²) in [5, 5.41) is 0. The fourth-order valence-electron chi connectivity index (χ4n) is 4.20. The SMILES string of the molecule is COC1CN2C(=O)c3ccc(C)cc3C2=C2c3cc(C)ccc3C(=O)N21. The first-order chi connectivity index (χ1) is 12.5. The van der Waals surface area contributed by atoms with Crippen LogP contribution in [0.4, 0.5) is 0 Å². The lowest BCUT2D eigenvalue weighted by molar-refractivity contribution is -0.00856. The van der Waals surface area contributed by atoms with E-state index >= 15 is 0 Å². The van der Waals surface area contributed by atoms with Crippen LogP contribution in [0, 0.1) is 13.8 Å². The molecule has 3 aliphatic heterocycles. The third kappa shape index (κ3) is 1.78. The van der Waals surface area contributed by atoms with Gasteiger partial charge in [-0.25, -0.2) is 0 Å². The molecule has 0 radical (unpaired) electrons. The fraction of sp³-hybridized carbons (Fsp3) is 0.238. The number of hydrogen-bond donors (Lipinski definition) is 0. The summed E-state index contributed by atoms with van der Waals surface area (Å²) in [6, 6.07) is 11.7. The second-order valence-electron chi connectivity index (χ2n) is 7.08. The Hall–Kier alpha value is -2.92. The second-order valence-corrected chi connectivity index (χ2v) is 7.08. The summed E-state index contributed by atoms with van der Waals surface area (Å²) in [7, 11) is 1.58. The zero-order chi connectivity index (χ0) is 18.2. The molecule has 0 N–H and O–H groups in total. The number of nitrogens with zero attached hydrogens (tertiary/aromatic N) is 2. The molecule has 0 aromatic heterocycles. The number of carbonyl (C=O) groups is 2. The van der Waals surface area contributed by atoms with E-state index in [1.54, 1.807) is 16.9 Å². The van der Waals surface area contributed by atoms with Gasteiger partial charge in [-0.15, -0.1) is 0 Å². The van der Waals surface area contributed by atoms with Gasteiger partial charge in [0.25, 0.3) is 11.8 Å². The van der Waals surface area contributed by atoms with Crippen molar-refractivity contribution >= 4 is 23.2 Å². The molecule has 5 rings (SSSR count). The third-order valence-corrected chi connectivity index (χ3v) is 5.42. The van der Waals surface area contributed by atoms with Crippen molar-refractivity contribution in [1.82, 2.24) is 9.80 Å². The van der Waals surface area contributed by atoms with Gasteiger partial charge >= 0.3 is 0 Å². The van der Waals surface area contributed by atoms with Crippen LogP contribution in [-0.4, -0.2) is 41.5 Å². The van der Waals surface area contributed by atoms with Gasteiger partial charge in [-0.3, -0.25) is 14.5 Å². The molecule has 3 heterocycles. The smallest absolute Gasteiger partial charge is 0.261 e. The van der Waals surface area contributed by atoms with E-state index in [1.165, 1.54) is 0 Å². The molecule has 2 amide bonds. The van der Waals surface area contributed by atoms with Crippen LogP contribution in [0.15, 0.2) is 36.4 Å². The lowest BCUT2D eigenvalue weighted by atomic mass is 9.99. The summed E-state index contributed by atoms with van der Waals surface area (Å²) in [4.78, 5) is 29.5. The van der Waals surface area contributed by atoms with Crippen LogP contribution in [0.2, 0.25) is 0 Å². The van der Waals surface area contributed by atoms with Crippen LogP contribution in [0.25, 0.3) is 11.4 Å². The molecule has 130 valence electrons. The Bertz CT molecular complexity index is 1040. The minimum Gasteiger partial charge on any atom is -0.359 e. The van der Waals surface area contributed by atoms with Gasteiger partial charge in [0.2, 0.25) is 0 Å². The molecule has 5 nitrogen and oxygen atoms in total. The van der Waals surface area contributed by atoms with E-state index in [0.29, 0.717) is 17.7 Å². The number of benzene rings is 2. The van der Waals surface area contributed by atoms with E-state index in [-0.39, 0.29) is 11.8 Å². The van der Waals surface area contributed by atoms with Gasteiger partial charge in [0.05, 0.1) is 17.9 Å². The first-order valence-electron chi connectivity index (χ1n) is 8.66. The van der Waals surface area contributed by atoms with Crippen LogP contribution in [-0.2, 0) is 4.74 Å². The minimum absolute atomic E-state index is 0.0299. The van der Waals surface area contributed by atoms with Crippen molar-refractivity contribution in [2.45, 2.75) is 20.1 Å². The first kappa shape index (κ1) is 15.3. The van der Waals surface area contributed by atoms with E-state index < -0.39 is 6.23 Å². The summed E-state index contributed by atoms with van der Waals surface area (Å²) in [5.74, 6) is -0.0969. The molecule has 0 saturated carbocycles. The first-order valence-corrected chi connectivity index (χ1v) is 8.66. The fourth-order valence-corrected chi connectivity index (χ4v) is 4.20. The Kier molecular flexibility index (Phi) is 2.98. The number of methoxy groups -OCH3 is 1.